The van der Waals surface area contributed by atoms with E-state index in [4.69, 9.17) is 4.74 Å². The van der Waals surface area contributed by atoms with E-state index in [1.54, 1.807) is 7.11 Å². The van der Waals surface area contributed by atoms with Gasteiger partial charge in [0.2, 0.25) is 5.91 Å². The second kappa shape index (κ2) is 8.02. The van der Waals surface area contributed by atoms with Crippen LogP contribution in [0.5, 0.6) is 5.75 Å². The molecule has 1 amide bonds. The van der Waals surface area contributed by atoms with Gasteiger partial charge in [-0.15, -0.1) is 0 Å². The fourth-order valence-electron chi connectivity index (χ4n) is 2.50. The highest BCUT2D eigenvalue weighted by Gasteiger charge is 2.05. The zero-order valence-corrected chi connectivity index (χ0v) is 14.0. The van der Waals surface area contributed by atoms with Crippen molar-refractivity contribution in [3.05, 3.63) is 84.4 Å². The van der Waals surface area contributed by atoms with E-state index >= 15 is 0 Å². The number of hydrogen-bond donors (Lipinski definition) is 2. The molecule has 0 saturated heterocycles. The van der Waals surface area contributed by atoms with Crippen molar-refractivity contribution >= 4 is 23.0 Å². The number of carbonyl (C=O) groups is 1. The van der Waals surface area contributed by atoms with Gasteiger partial charge in [-0.25, -0.2) is 0 Å². The number of rotatable bonds is 6. The quantitative estimate of drug-likeness (QED) is 0.692. The largest absolute Gasteiger partial charge is 0.497 e. The summed E-state index contributed by atoms with van der Waals surface area (Å²) in [6.07, 6.45) is 0.320. The Balaban J connectivity index is 1.62. The Bertz CT molecular complexity index is 830. The number of para-hydroxylation sites is 1. The van der Waals surface area contributed by atoms with Crippen molar-refractivity contribution in [2.75, 3.05) is 17.7 Å². The van der Waals surface area contributed by atoms with Crippen molar-refractivity contribution in [3.8, 4) is 5.75 Å². The molecule has 2 N–H and O–H groups in total. The highest BCUT2D eigenvalue weighted by Crippen LogP contribution is 2.20. The fourth-order valence-corrected chi connectivity index (χ4v) is 2.50. The average molecular weight is 332 g/mol. The van der Waals surface area contributed by atoms with E-state index in [9.17, 15) is 4.79 Å². The summed E-state index contributed by atoms with van der Waals surface area (Å²) in [5.74, 6) is 0.728. The number of amides is 1. The Hall–Kier alpha value is -3.27. The zero-order valence-electron chi connectivity index (χ0n) is 14.0. The molecule has 0 saturated carbocycles. The summed E-state index contributed by atoms with van der Waals surface area (Å²) in [5.41, 5.74) is 3.63. The maximum Gasteiger partial charge on any atom is 0.228 e. The molecule has 3 rings (SSSR count). The second-order valence-corrected chi connectivity index (χ2v) is 5.64. The molecule has 0 heterocycles. The lowest BCUT2D eigenvalue weighted by molar-refractivity contribution is -0.115. The van der Waals surface area contributed by atoms with Crippen LogP contribution in [-0.2, 0) is 11.2 Å². The number of anilines is 3. The molecule has 0 spiro atoms. The molecule has 4 heteroatoms. The van der Waals surface area contributed by atoms with Crippen LogP contribution < -0.4 is 15.4 Å². The van der Waals surface area contributed by atoms with Gasteiger partial charge in [-0.2, -0.15) is 0 Å². The SMILES string of the molecule is COc1ccc(CC(=O)Nc2cccc(Nc3ccccc3)c2)cc1. The van der Waals surface area contributed by atoms with Gasteiger partial charge in [0.1, 0.15) is 5.75 Å². The van der Waals surface area contributed by atoms with Crippen LogP contribution in [0, 0.1) is 0 Å². The first-order valence-electron chi connectivity index (χ1n) is 8.08. The van der Waals surface area contributed by atoms with Gasteiger partial charge in [0.25, 0.3) is 0 Å². The van der Waals surface area contributed by atoms with Gasteiger partial charge >= 0.3 is 0 Å². The summed E-state index contributed by atoms with van der Waals surface area (Å²) in [4.78, 5) is 12.2. The molecule has 126 valence electrons. The lowest BCUT2D eigenvalue weighted by Crippen LogP contribution is -2.14. The topological polar surface area (TPSA) is 50.4 Å². The van der Waals surface area contributed by atoms with Gasteiger partial charge in [0.15, 0.2) is 0 Å². The molecule has 0 bridgehead atoms. The van der Waals surface area contributed by atoms with Crippen LogP contribution >= 0.6 is 0 Å². The summed E-state index contributed by atoms with van der Waals surface area (Å²) < 4.78 is 5.12. The van der Waals surface area contributed by atoms with Gasteiger partial charge in [-0.05, 0) is 48.0 Å². The predicted molar refractivity (Wildman–Crippen MR) is 101 cm³/mol. The molecule has 0 aromatic heterocycles. The average Bonchev–Trinajstić information content (AvgIpc) is 2.63. The van der Waals surface area contributed by atoms with Crippen molar-refractivity contribution in [3.63, 3.8) is 0 Å². The van der Waals surface area contributed by atoms with Crippen LogP contribution in [0.25, 0.3) is 0 Å². The van der Waals surface area contributed by atoms with Crippen LogP contribution in [0.4, 0.5) is 17.1 Å². The first kappa shape index (κ1) is 16.6. The van der Waals surface area contributed by atoms with Crippen LogP contribution in [0.3, 0.4) is 0 Å². The van der Waals surface area contributed by atoms with Crippen molar-refractivity contribution in [2.24, 2.45) is 0 Å². The van der Waals surface area contributed by atoms with Gasteiger partial charge in [-0.1, -0.05) is 36.4 Å². The highest BCUT2D eigenvalue weighted by molar-refractivity contribution is 5.92. The number of carbonyl (C=O) groups excluding carboxylic acids is 1. The van der Waals surface area contributed by atoms with Crippen LogP contribution in [0.15, 0.2) is 78.9 Å². The number of benzene rings is 3. The maximum atomic E-state index is 12.2. The molecular weight excluding hydrogens is 312 g/mol. The maximum absolute atomic E-state index is 12.2. The highest BCUT2D eigenvalue weighted by atomic mass is 16.5. The third-order valence-corrected chi connectivity index (χ3v) is 3.73. The van der Waals surface area contributed by atoms with Crippen molar-refractivity contribution in [1.29, 1.82) is 0 Å². The fraction of sp³-hybridized carbons (Fsp3) is 0.0952. The first-order valence-corrected chi connectivity index (χ1v) is 8.08. The van der Waals surface area contributed by atoms with E-state index < -0.39 is 0 Å². The van der Waals surface area contributed by atoms with Gasteiger partial charge in [0.05, 0.1) is 13.5 Å². The first-order chi connectivity index (χ1) is 12.2. The Morgan fingerprint density at radius 2 is 1.52 bits per heavy atom. The van der Waals surface area contributed by atoms with Gasteiger partial charge in [0, 0.05) is 17.1 Å². The molecule has 3 aromatic rings. The summed E-state index contributed by atoms with van der Waals surface area (Å²) in [6.45, 7) is 0. The van der Waals surface area contributed by atoms with Crippen LogP contribution in [-0.4, -0.2) is 13.0 Å². The minimum Gasteiger partial charge on any atom is -0.497 e. The third-order valence-electron chi connectivity index (χ3n) is 3.73. The van der Waals surface area contributed by atoms with E-state index in [2.05, 4.69) is 10.6 Å². The number of ether oxygens (including phenoxy) is 1. The molecule has 0 aliphatic carbocycles. The molecule has 25 heavy (non-hydrogen) atoms. The molecular formula is C21H20N2O2. The van der Waals surface area contributed by atoms with Crippen molar-refractivity contribution in [1.82, 2.24) is 0 Å². The monoisotopic (exact) mass is 332 g/mol. The molecule has 0 radical (unpaired) electrons. The Labute approximate surface area is 147 Å². The standard InChI is InChI=1S/C21H20N2O2/c1-25-20-12-10-16(11-13-20)14-21(24)23-19-9-5-8-18(15-19)22-17-6-3-2-4-7-17/h2-13,15,22H,14H2,1H3,(H,23,24). The minimum absolute atomic E-state index is 0.0537. The molecule has 0 fully saturated rings. The van der Waals surface area contributed by atoms with Gasteiger partial charge in [-0.3, -0.25) is 4.79 Å². The smallest absolute Gasteiger partial charge is 0.228 e. The lowest BCUT2D eigenvalue weighted by atomic mass is 10.1. The zero-order chi connectivity index (χ0) is 17.5. The summed E-state index contributed by atoms with van der Waals surface area (Å²) >= 11 is 0. The Morgan fingerprint density at radius 1 is 0.840 bits per heavy atom. The Kier molecular flexibility index (Phi) is 5.32. The van der Waals surface area contributed by atoms with E-state index in [1.165, 1.54) is 0 Å². The summed E-state index contributed by atoms with van der Waals surface area (Å²) in [6, 6.07) is 25.1. The summed E-state index contributed by atoms with van der Waals surface area (Å²) in [7, 11) is 1.62. The Morgan fingerprint density at radius 3 is 2.24 bits per heavy atom. The lowest BCUT2D eigenvalue weighted by Gasteiger charge is -2.10. The second-order valence-electron chi connectivity index (χ2n) is 5.64. The molecule has 3 aromatic carbocycles. The molecule has 0 unspecified atom stereocenters. The molecule has 0 aliphatic heterocycles. The molecule has 0 aliphatic rings. The predicted octanol–water partition coefficient (Wildman–Crippen LogP) is 4.62. The van der Waals surface area contributed by atoms with E-state index in [1.807, 2.05) is 78.9 Å². The van der Waals surface area contributed by atoms with E-state index in [-0.39, 0.29) is 5.91 Å². The van der Waals surface area contributed by atoms with E-state index in [0.717, 1.165) is 28.4 Å². The number of methoxy groups -OCH3 is 1. The third kappa shape index (κ3) is 4.85. The van der Waals surface area contributed by atoms with Crippen LogP contribution in [0.1, 0.15) is 5.56 Å². The summed E-state index contributed by atoms with van der Waals surface area (Å²) in [5, 5.41) is 6.25. The number of nitrogens with one attached hydrogen (secondary N) is 2. The van der Waals surface area contributed by atoms with Crippen LogP contribution in [0.2, 0.25) is 0 Å². The van der Waals surface area contributed by atoms with Crippen molar-refractivity contribution in [2.45, 2.75) is 6.42 Å². The molecule has 4 nitrogen and oxygen atoms in total. The molecule has 0 atom stereocenters. The van der Waals surface area contributed by atoms with Crippen molar-refractivity contribution < 1.29 is 9.53 Å². The normalized spacial score (nSPS) is 10.1. The number of hydrogen-bond acceptors (Lipinski definition) is 3. The van der Waals surface area contributed by atoms with E-state index in [0.29, 0.717) is 6.42 Å². The minimum atomic E-state index is -0.0537. The van der Waals surface area contributed by atoms with Gasteiger partial charge < -0.3 is 15.4 Å².